The molecule has 6 heteroatoms. The number of imidazole rings is 1. The Balaban J connectivity index is 1.93. The third-order valence-corrected chi connectivity index (χ3v) is 3.77. The van der Waals surface area contributed by atoms with E-state index in [-0.39, 0.29) is 5.69 Å². The molecule has 0 aliphatic rings. The number of aryl methyl sites for hydroxylation is 1. The molecule has 24 heavy (non-hydrogen) atoms. The molecule has 0 aliphatic heterocycles. The van der Waals surface area contributed by atoms with Crippen LogP contribution in [-0.2, 0) is 0 Å². The minimum atomic E-state index is -0.513. The molecule has 0 aliphatic carbocycles. The van der Waals surface area contributed by atoms with Gasteiger partial charge in [-0.1, -0.05) is 6.58 Å². The first kappa shape index (κ1) is 15.7. The highest BCUT2D eigenvalue weighted by molar-refractivity contribution is 6.03. The van der Waals surface area contributed by atoms with Crippen molar-refractivity contribution < 1.29 is 9.18 Å². The zero-order chi connectivity index (χ0) is 17.3. The summed E-state index contributed by atoms with van der Waals surface area (Å²) in [7, 11) is 1.73. The van der Waals surface area contributed by atoms with Crippen LogP contribution in [0, 0.1) is 12.7 Å². The Hall–Kier alpha value is -3.15. The van der Waals surface area contributed by atoms with Gasteiger partial charge in [-0.15, -0.1) is 0 Å². The highest BCUT2D eigenvalue weighted by atomic mass is 19.1. The number of nitrogens with zero attached hydrogens (tertiary/aromatic N) is 2. The van der Waals surface area contributed by atoms with Crippen LogP contribution in [0.2, 0.25) is 0 Å². The Labute approximate surface area is 138 Å². The van der Waals surface area contributed by atoms with E-state index >= 15 is 0 Å². The van der Waals surface area contributed by atoms with Gasteiger partial charge in [-0.05, 0) is 48.4 Å². The van der Waals surface area contributed by atoms with Gasteiger partial charge in [0.1, 0.15) is 17.2 Å². The lowest BCUT2D eigenvalue weighted by atomic mass is 10.1. The van der Waals surface area contributed by atoms with Gasteiger partial charge in [0.15, 0.2) is 0 Å². The van der Waals surface area contributed by atoms with Crippen LogP contribution >= 0.6 is 0 Å². The van der Waals surface area contributed by atoms with Crippen LogP contribution in [0.5, 0.6) is 0 Å². The topological polar surface area (TPSA) is 58.4 Å². The molecule has 0 unspecified atom stereocenters. The van der Waals surface area contributed by atoms with E-state index in [0.717, 1.165) is 5.56 Å². The van der Waals surface area contributed by atoms with E-state index in [1.165, 1.54) is 12.3 Å². The number of hydrogen-bond donors (Lipinski definition) is 2. The van der Waals surface area contributed by atoms with Crippen LogP contribution in [0.25, 0.3) is 11.3 Å². The van der Waals surface area contributed by atoms with Gasteiger partial charge in [0.05, 0.1) is 11.9 Å². The number of anilines is 1. The summed E-state index contributed by atoms with van der Waals surface area (Å²) in [5.74, 6) is -0.946. The van der Waals surface area contributed by atoms with Crippen molar-refractivity contribution in [1.29, 1.82) is 0 Å². The SMILES string of the molecule is C=C(NC)c1ccc(F)c(NC(=O)c2cnc3cc(C)ccn23)c1. The summed E-state index contributed by atoms with van der Waals surface area (Å²) in [6, 6.07) is 8.18. The van der Waals surface area contributed by atoms with Crippen molar-refractivity contribution in [2.45, 2.75) is 6.92 Å². The number of carbonyl (C=O) groups is 1. The van der Waals surface area contributed by atoms with Crippen molar-refractivity contribution in [3.8, 4) is 0 Å². The molecule has 0 fully saturated rings. The third-order valence-electron chi connectivity index (χ3n) is 3.77. The number of hydrogen-bond acceptors (Lipinski definition) is 3. The molecule has 5 nitrogen and oxygen atoms in total. The zero-order valence-corrected chi connectivity index (χ0v) is 13.4. The van der Waals surface area contributed by atoms with Crippen LogP contribution in [0.4, 0.5) is 10.1 Å². The third kappa shape index (κ3) is 2.86. The van der Waals surface area contributed by atoms with E-state index in [1.54, 1.807) is 29.8 Å². The molecule has 0 radical (unpaired) electrons. The number of halogens is 1. The Bertz CT molecular complexity index is 945. The predicted molar refractivity (Wildman–Crippen MR) is 92.4 cm³/mol. The molecule has 0 atom stereocenters. The van der Waals surface area contributed by atoms with E-state index in [0.29, 0.717) is 22.6 Å². The van der Waals surface area contributed by atoms with Crippen LogP contribution in [-0.4, -0.2) is 22.3 Å². The molecule has 3 rings (SSSR count). The summed E-state index contributed by atoms with van der Waals surface area (Å²) in [5, 5.41) is 5.49. The van der Waals surface area contributed by atoms with E-state index < -0.39 is 11.7 Å². The highest BCUT2D eigenvalue weighted by Crippen LogP contribution is 2.20. The number of benzene rings is 1. The predicted octanol–water partition coefficient (Wildman–Crippen LogP) is 3.22. The molecular formula is C18H17FN4O. The first-order chi connectivity index (χ1) is 11.5. The first-order valence-electron chi connectivity index (χ1n) is 7.41. The van der Waals surface area contributed by atoms with Crippen LogP contribution in [0.1, 0.15) is 21.6 Å². The smallest absolute Gasteiger partial charge is 0.274 e. The van der Waals surface area contributed by atoms with E-state index in [9.17, 15) is 9.18 Å². The second-order valence-corrected chi connectivity index (χ2v) is 5.45. The van der Waals surface area contributed by atoms with Crippen molar-refractivity contribution in [2.75, 3.05) is 12.4 Å². The van der Waals surface area contributed by atoms with Gasteiger partial charge in [0, 0.05) is 18.9 Å². The summed E-state index contributed by atoms with van der Waals surface area (Å²) in [6.45, 7) is 5.78. The molecule has 0 bridgehead atoms. The zero-order valence-electron chi connectivity index (χ0n) is 13.4. The standard InChI is InChI=1S/C18H17FN4O/c1-11-6-7-23-16(10-21-17(23)8-11)18(24)22-15-9-13(12(2)20-3)4-5-14(15)19/h4-10,20H,2H2,1,3H3,(H,22,24). The van der Waals surface area contributed by atoms with Crippen molar-refractivity contribution in [2.24, 2.45) is 0 Å². The minimum Gasteiger partial charge on any atom is -0.388 e. The van der Waals surface area contributed by atoms with Crippen LogP contribution < -0.4 is 10.6 Å². The molecule has 3 aromatic rings. The number of pyridine rings is 1. The molecule has 0 saturated heterocycles. The molecule has 0 spiro atoms. The fourth-order valence-electron chi connectivity index (χ4n) is 2.39. The summed E-state index contributed by atoms with van der Waals surface area (Å²) in [6.07, 6.45) is 3.24. The van der Waals surface area contributed by atoms with Gasteiger partial charge >= 0.3 is 0 Å². The first-order valence-corrected chi connectivity index (χ1v) is 7.41. The normalized spacial score (nSPS) is 10.6. The Kier molecular flexibility index (Phi) is 4.04. The average molecular weight is 324 g/mol. The largest absolute Gasteiger partial charge is 0.388 e. The van der Waals surface area contributed by atoms with Gasteiger partial charge in [-0.2, -0.15) is 0 Å². The average Bonchev–Trinajstić information content (AvgIpc) is 2.99. The second-order valence-electron chi connectivity index (χ2n) is 5.45. The summed E-state index contributed by atoms with van der Waals surface area (Å²) >= 11 is 0. The Morgan fingerprint density at radius 2 is 2.08 bits per heavy atom. The van der Waals surface area contributed by atoms with Gasteiger partial charge in [0.25, 0.3) is 5.91 Å². The maximum atomic E-state index is 14.0. The number of nitrogens with one attached hydrogen (secondary N) is 2. The summed E-state index contributed by atoms with van der Waals surface area (Å²) < 4.78 is 15.7. The van der Waals surface area contributed by atoms with Crippen LogP contribution in [0.15, 0.2) is 49.3 Å². The minimum absolute atomic E-state index is 0.0935. The van der Waals surface area contributed by atoms with E-state index in [4.69, 9.17) is 0 Å². The van der Waals surface area contributed by atoms with Gasteiger partial charge in [0.2, 0.25) is 0 Å². The maximum absolute atomic E-state index is 14.0. The number of carbonyl (C=O) groups excluding carboxylic acids is 1. The maximum Gasteiger partial charge on any atom is 0.274 e. The van der Waals surface area contributed by atoms with Crippen molar-refractivity contribution in [3.05, 3.63) is 71.9 Å². The number of amides is 1. The molecule has 1 aromatic carbocycles. The van der Waals surface area contributed by atoms with Gasteiger partial charge < -0.3 is 10.6 Å². The molecule has 0 saturated carbocycles. The monoisotopic (exact) mass is 324 g/mol. The highest BCUT2D eigenvalue weighted by Gasteiger charge is 2.15. The van der Waals surface area contributed by atoms with Gasteiger partial charge in [-0.3, -0.25) is 9.20 Å². The van der Waals surface area contributed by atoms with Gasteiger partial charge in [-0.25, -0.2) is 9.37 Å². The molecule has 2 heterocycles. The fourth-order valence-corrected chi connectivity index (χ4v) is 2.39. The molecule has 1 amide bonds. The number of fused-ring (bicyclic) bond motifs is 1. The Morgan fingerprint density at radius 1 is 1.29 bits per heavy atom. The molecule has 2 aromatic heterocycles. The van der Waals surface area contributed by atoms with Crippen molar-refractivity contribution in [3.63, 3.8) is 0 Å². The van der Waals surface area contributed by atoms with E-state index in [2.05, 4.69) is 22.2 Å². The number of rotatable bonds is 4. The Morgan fingerprint density at radius 3 is 2.83 bits per heavy atom. The molecule has 122 valence electrons. The summed E-state index contributed by atoms with van der Waals surface area (Å²) in [4.78, 5) is 16.7. The lowest BCUT2D eigenvalue weighted by Crippen LogP contribution is -2.15. The fraction of sp³-hybridized carbons (Fsp3) is 0.111. The van der Waals surface area contributed by atoms with Crippen molar-refractivity contribution >= 4 is 22.9 Å². The van der Waals surface area contributed by atoms with Crippen LogP contribution in [0.3, 0.4) is 0 Å². The molecule has 2 N–H and O–H groups in total. The quantitative estimate of drug-likeness (QED) is 0.775. The van der Waals surface area contributed by atoms with Crippen molar-refractivity contribution in [1.82, 2.24) is 14.7 Å². The lowest BCUT2D eigenvalue weighted by Gasteiger charge is -2.10. The second kappa shape index (κ2) is 6.16. The summed E-state index contributed by atoms with van der Waals surface area (Å²) in [5.41, 5.74) is 3.47. The lowest BCUT2D eigenvalue weighted by molar-refractivity contribution is 0.102. The molecular weight excluding hydrogens is 307 g/mol. The van der Waals surface area contributed by atoms with E-state index in [1.807, 2.05) is 19.1 Å². The number of aromatic nitrogens is 2.